The lowest BCUT2D eigenvalue weighted by molar-refractivity contribution is -0.147. The summed E-state index contributed by atoms with van der Waals surface area (Å²) in [5.41, 5.74) is 2.08. The summed E-state index contributed by atoms with van der Waals surface area (Å²) >= 11 is 0. The first-order valence-corrected chi connectivity index (χ1v) is 8.87. The molecule has 0 heterocycles. The van der Waals surface area contributed by atoms with E-state index in [1.165, 1.54) is 5.57 Å². The molecule has 2 aliphatic carbocycles. The third-order valence-electron chi connectivity index (χ3n) is 5.45. The van der Waals surface area contributed by atoms with E-state index in [9.17, 15) is 14.7 Å². The summed E-state index contributed by atoms with van der Waals surface area (Å²) in [6, 6.07) is 0. The van der Waals surface area contributed by atoms with Crippen LogP contribution in [0, 0.1) is 17.8 Å². The molecule has 4 heteroatoms. The number of ether oxygens (including phenoxy) is 1. The third kappa shape index (κ3) is 4.56. The molecule has 0 aromatic rings. The number of ketones is 1. The Balaban J connectivity index is 1.98. The molecule has 1 saturated carbocycles. The van der Waals surface area contributed by atoms with Gasteiger partial charge in [-0.25, -0.2) is 0 Å². The van der Waals surface area contributed by atoms with Crippen LogP contribution in [0.3, 0.4) is 0 Å². The highest BCUT2D eigenvalue weighted by Crippen LogP contribution is 2.45. The molecule has 24 heavy (non-hydrogen) atoms. The van der Waals surface area contributed by atoms with Gasteiger partial charge in [-0.05, 0) is 68.9 Å². The summed E-state index contributed by atoms with van der Waals surface area (Å²) in [6.45, 7) is 11.7. The van der Waals surface area contributed by atoms with Crippen LogP contribution in [0.2, 0.25) is 0 Å². The summed E-state index contributed by atoms with van der Waals surface area (Å²) in [6.07, 6.45) is 3.57. The molecule has 0 aromatic heterocycles. The third-order valence-corrected chi connectivity index (χ3v) is 5.45. The van der Waals surface area contributed by atoms with E-state index >= 15 is 0 Å². The summed E-state index contributed by atoms with van der Waals surface area (Å²) < 4.78 is 5.28. The van der Waals surface area contributed by atoms with Gasteiger partial charge in [-0.3, -0.25) is 9.59 Å². The van der Waals surface area contributed by atoms with Gasteiger partial charge in [0.15, 0.2) is 5.78 Å². The van der Waals surface area contributed by atoms with E-state index in [2.05, 4.69) is 13.5 Å². The second kappa shape index (κ2) is 7.22. The summed E-state index contributed by atoms with van der Waals surface area (Å²) in [5.74, 6) is 1.02. The zero-order valence-electron chi connectivity index (χ0n) is 15.4. The average molecular weight is 334 g/mol. The van der Waals surface area contributed by atoms with Crippen molar-refractivity contribution in [3.05, 3.63) is 23.3 Å². The zero-order valence-corrected chi connectivity index (χ0v) is 15.4. The fraction of sp³-hybridized carbons (Fsp3) is 0.700. The molecule has 0 amide bonds. The molecular weight excluding hydrogens is 304 g/mol. The molecule has 0 bridgehead atoms. The minimum Gasteiger partial charge on any atom is -0.461 e. The smallest absolute Gasteiger partial charge is 0.309 e. The summed E-state index contributed by atoms with van der Waals surface area (Å²) in [7, 11) is 0. The van der Waals surface area contributed by atoms with E-state index in [-0.39, 0.29) is 24.7 Å². The number of hydrogen-bond donors (Lipinski definition) is 1. The molecule has 0 spiro atoms. The minimum atomic E-state index is -1.06. The van der Waals surface area contributed by atoms with Crippen molar-refractivity contribution in [2.24, 2.45) is 17.8 Å². The lowest BCUT2D eigenvalue weighted by Gasteiger charge is -2.20. The van der Waals surface area contributed by atoms with Crippen LogP contribution in [0.1, 0.15) is 59.8 Å². The molecule has 0 aromatic carbocycles. The van der Waals surface area contributed by atoms with Gasteiger partial charge in [0.05, 0.1) is 12.0 Å². The maximum Gasteiger partial charge on any atom is 0.309 e. The number of esters is 1. The number of aliphatic hydroxyl groups is 1. The van der Waals surface area contributed by atoms with Gasteiger partial charge >= 0.3 is 5.97 Å². The predicted octanol–water partition coefficient (Wildman–Crippen LogP) is 3.59. The standard InChI is InChI=1S/C20H30O4/c1-12-6-7-15(8-17-14(3)18(21)9-16(12)17)13(2)11-24-19(22)10-20(4,5)23/h12,15-16,23H,2,6-11H2,1,3-5H3/t12-,15-,16-/m1/s1. The molecule has 0 radical (unpaired) electrons. The second-order valence-electron chi connectivity index (χ2n) is 8.15. The first-order valence-electron chi connectivity index (χ1n) is 8.87. The molecule has 0 unspecified atom stereocenters. The van der Waals surface area contributed by atoms with Crippen molar-refractivity contribution < 1.29 is 19.4 Å². The Labute approximate surface area is 145 Å². The normalized spacial score (nSPS) is 27.7. The first-order chi connectivity index (χ1) is 11.1. The largest absolute Gasteiger partial charge is 0.461 e. The monoisotopic (exact) mass is 334 g/mol. The Morgan fingerprint density at radius 3 is 2.62 bits per heavy atom. The SMILES string of the molecule is C=C(COC(=O)CC(C)(C)O)[C@@H]1CC[C@@H](C)[C@H]2CC(=O)C(C)=C2C1. The minimum absolute atomic E-state index is 0.0250. The number of fused-ring (bicyclic) bond motifs is 1. The topological polar surface area (TPSA) is 63.6 Å². The van der Waals surface area contributed by atoms with Crippen molar-refractivity contribution in [2.75, 3.05) is 6.61 Å². The summed E-state index contributed by atoms with van der Waals surface area (Å²) in [4.78, 5) is 23.8. The number of hydrogen-bond acceptors (Lipinski definition) is 4. The van der Waals surface area contributed by atoms with Crippen molar-refractivity contribution in [1.29, 1.82) is 0 Å². The van der Waals surface area contributed by atoms with E-state index in [1.807, 2.05) is 6.92 Å². The molecular formula is C20H30O4. The van der Waals surface area contributed by atoms with Crippen LogP contribution in [0.5, 0.6) is 0 Å². The Morgan fingerprint density at radius 1 is 1.33 bits per heavy atom. The van der Waals surface area contributed by atoms with Crippen LogP contribution in [0.15, 0.2) is 23.3 Å². The van der Waals surface area contributed by atoms with E-state index in [0.717, 1.165) is 30.4 Å². The van der Waals surface area contributed by atoms with Gasteiger partial charge in [0.1, 0.15) is 6.61 Å². The van der Waals surface area contributed by atoms with E-state index in [4.69, 9.17) is 4.74 Å². The predicted molar refractivity (Wildman–Crippen MR) is 93.3 cm³/mol. The van der Waals surface area contributed by atoms with Gasteiger partial charge in [0, 0.05) is 6.42 Å². The lowest BCUT2D eigenvalue weighted by atomic mass is 9.86. The van der Waals surface area contributed by atoms with E-state index < -0.39 is 11.6 Å². The Kier molecular flexibility index (Phi) is 5.69. The number of rotatable bonds is 5. The van der Waals surface area contributed by atoms with Gasteiger partial charge in [-0.1, -0.05) is 19.1 Å². The van der Waals surface area contributed by atoms with E-state index in [0.29, 0.717) is 18.3 Å². The average Bonchev–Trinajstić information content (AvgIpc) is 2.64. The number of carbonyl (C=O) groups excluding carboxylic acids is 2. The van der Waals surface area contributed by atoms with Crippen molar-refractivity contribution in [1.82, 2.24) is 0 Å². The van der Waals surface area contributed by atoms with Crippen LogP contribution >= 0.6 is 0 Å². The summed E-state index contributed by atoms with van der Waals surface area (Å²) in [5, 5.41) is 9.66. The van der Waals surface area contributed by atoms with Crippen LogP contribution in [0.4, 0.5) is 0 Å². The van der Waals surface area contributed by atoms with E-state index in [1.54, 1.807) is 13.8 Å². The zero-order chi connectivity index (χ0) is 18.1. The van der Waals surface area contributed by atoms with Crippen LogP contribution in [-0.4, -0.2) is 29.1 Å². The molecule has 0 saturated heterocycles. The van der Waals surface area contributed by atoms with Crippen molar-refractivity contribution in [2.45, 2.75) is 65.4 Å². The molecule has 134 valence electrons. The number of allylic oxidation sites excluding steroid dienone is 2. The van der Waals surface area contributed by atoms with Gasteiger partial charge in [-0.15, -0.1) is 0 Å². The van der Waals surface area contributed by atoms with Gasteiger partial charge in [0.25, 0.3) is 0 Å². The maximum absolute atomic E-state index is 12.0. The fourth-order valence-corrected chi connectivity index (χ4v) is 3.86. The lowest BCUT2D eigenvalue weighted by Crippen LogP contribution is -2.25. The number of Topliss-reactive ketones (excluding diaryl/α,β-unsaturated/α-hetero) is 1. The van der Waals surface area contributed by atoms with Crippen molar-refractivity contribution in [3.8, 4) is 0 Å². The Hall–Kier alpha value is -1.42. The quantitative estimate of drug-likeness (QED) is 0.616. The number of carbonyl (C=O) groups is 2. The van der Waals surface area contributed by atoms with Crippen LogP contribution in [0.25, 0.3) is 0 Å². The molecule has 2 aliphatic rings. The maximum atomic E-state index is 12.0. The van der Waals surface area contributed by atoms with Crippen LogP contribution in [-0.2, 0) is 14.3 Å². The van der Waals surface area contributed by atoms with Gasteiger partial charge in [0.2, 0.25) is 0 Å². The highest BCUT2D eigenvalue weighted by Gasteiger charge is 2.37. The first kappa shape index (κ1) is 18.9. The molecule has 1 N–H and O–H groups in total. The Bertz CT molecular complexity index is 565. The molecule has 0 aliphatic heterocycles. The molecule has 1 fully saturated rings. The van der Waals surface area contributed by atoms with Gasteiger partial charge < -0.3 is 9.84 Å². The van der Waals surface area contributed by atoms with Crippen molar-refractivity contribution >= 4 is 11.8 Å². The van der Waals surface area contributed by atoms with Crippen LogP contribution < -0.4 is 0 Å². The highest BCUT2D eigenvalue weighted by molar-refractivity contribution is 5.98. The van der Waals surface area contributed by atoms with Gasteiger partial charge in [-0.2, -0.15) is 0 Å². The highest BCUT2D eigenvalue weighted by atomic mass is 16.5. The molecule has 4 nitrogen and oxygen atoms in total. The van der Waals surface area contributed by atoms with Crippen molar-refractivity contribution in [3.63, 3.8) is 0 Å². The fourth-order valence-electron chi connectivity index (χ4n) is 3.86. The second-order valence-corrected chi connectivity index (χ2v) is 8.15. The molecule has 2 rings (SSSR count). The molecule has 3 atom stereocenters. The Morgan fingerprint density at radius 2 is 2.00 bits per heavy atom.